The molecule has 12 heavy (non-hydrogen) atoms. The molecule has 1 aliphatic rings. The fourth-order valence-electron chi connectivity index (χ4n) is 1.26. The van der Waals surface area contributed by atoms with Gasteiger partial charge in [-0.2, -0.15) is 0 Å². The molecule has 2 heterocycles. The van der Waals surface area contributed by atoms with Gasteiger partial charge in [-0.05, 0) is 6.07 Å². The predicted octanol–water partition coefficient (Wildman–Crippen LogP) is -0.297. The largest absolute Gasteiger partial charge is 0.379 e. The van der Waals surface area contributed by atoms with E-state index in [0.29, 0.717) is 19.8 Å². The summed E-state index contributed by atoms with van der Waals surface area (Å²) in [7, 11) is 0. The van der Waals surface area contributed by atoms with Crippen LogP contribution >= 0.6 is 0 Å². The summed E-state index contributed by atoms with van der Waals surface area (Å²) in [6, 6.07) is 1.80. The maximum absolute atomic E-state index is 5.64. The van der Waals surface area contributed by atoms with Gasteiger partial charge in [0.1, 0.15) is 5.82 Å². The fraction of sp³-hybridized carbons (Fsp3) is 0.500. The molecule has 64 valence electrons. The van der Waals surface area contributed by atoms with Crippen LogP contribution in [0.4, 0.5) is 0 Å². The van der Waals surface area contributed by atoms with Gasteiger partial charge in [0.15, 0.2) is 0 Å². The van der Waals surface area contributed by atoms with E-state index in [4.69, 9.17) is 10.5 Å². The molecule has 0 atom stereocenters. The quantitative estimate of drug-likeness (QED) is 0.653. The second-order valence-corrected chi connectivity index (χ2v) is 3.05. The highest BCUT2D eigenvalue weighted by atomic mass is 16.5. The minimum Gasteiger partial charge on any atom is -0.379 e. The SMILES string of the molecule is NCC1(c2ncccn2)COC1. The molecular formula is C8H11N3O. The summed E-state index contributed by atoms with van der Waals surface area (Å²) in [6.45, 7) is 1.85. The molecule has 1 fully saturated rings. The molecule has 2 rings (SSSR count). The Labute approximate surface area is 70.8 Å². The van der Waals surface area contributed by atoms with Gasteiger partial charge < -0.3 is 10.5 Å². The molecule has 2 N–H and O–H groups in total. The average Bonchev–Trinajstić information content (AvgIpc) is 2.05. The predicted molar refractivity (Wildman–Crippen MR) is 43.6 cm³/mol. The minimum absolute atomic E-state index is 0.110. The molecule has 0 saturated carbocycles. The Balaban J connectivity index is 2.28. The molecule has 0 aliphatic carbocycles. The van der Waals surface area contributed by atoms with E-state index in [1.165, 1.54) is 0 Å². The van der Waals surface area contributed by atoms with E-state index in [9.17, 15) is 0 Å². The zero-order valence-corrected chi connectivity index (χ0v) is 6.73. The molecule has 1 saturated heterocycles. The smallest absolute Gasteiger partial charge is 0.140 e. The molecule has 1 aromatic rings. The van der Waals surface area contributed by atoms with Gasteiger partial charge in [0.25, 0.3) is 0 Å². The van der Waals surface area contributed by atoms with Crippen molar-refractivity contribution in [1.29, 1.82) is 0 Å². The number of hydrogen-bond donors (Lipinski definition) is 1. The molecule has 0 spiro atoms. The van der Waals surface area contributed by atoms with Crippen LogP contribution < -0.4 is 5.73 Å². The number of nitrogens with two attached hydrogens (primary N) is 1. The Bertz CT molecular complexity index is 253. The molecule has 0 bridgehead atoms. The lowest BCUT2D eigenvalue weighted by molar-refractivity contribution is -0.0594. The lowest BCUT2D eigenvalue weighted by atomic mass is 9.85. The van der Waals surface area contributed by atoms with Crippen LogP contribution in [0, 0.1) is 0 Å². The fourth-order valence-corrected chi connectivity index (χ4v) is 1.26. The summed E-state index contributed by atoms with van der Waals surface area (Å²) >= 11 is 0. The van der Waals surface area contributed by atoms with Gasteiger partial charge in [-0.15, -0.1) is 0 Å². The first kappa shape index (κ1) is 7.64. The van der Waals surface area contributed by atoms with Gasteiger partial charge >= 0.3 is 0 Å². The summed E-state index contributed by atoms with van der Waals surface area (Å²) in [4.78, 5) is 8.35. The van der Waals surface area contributed by atoms with Crippen molar-refractivity contribution in [3.8, 4) is 0 Å². The van der Waals surface area contributed by atoms with E-state index in [0.717, 1.165) is 5.82 Å². The van der Waals surface area contributed by atoms with Gasteiger partial charge in [0, 0.05) is 18.9 Å². The van der Waals surface area contributed by atoms with Gasteiger partial charge in [-0.25, -0.2) is 9.97 Å². The highest BCUT2D eigenvalue weighted by Gasteiger charge is 2.41. The van der Waals surface area contributed by atoms with Crippen LogP contribution in [0.3, 0.4) is 0 Å². The summed E-state index contributed by atoms with van der Waals surface area (Å²) in [5.74, 6) is 0.804. The van der Waals surface area contributed by atoms with Crippen molar-refractivity contribution in [1.82, 2.24) is 9.97 Å². The molecule has 4 heteroatoms. The maximum atomic E-state index is 5.64. The zero-order valence-electron chi connectivity index (χ0n) is 6.73. The van der Waals surface area contributed by atoms with Crippen molar-refractivity contribution < 1.29 is 4.74 Å². The van der Waals surface area contributed by atoms with E-state index in [2.05, 4.69) is 9.97 Å². The number of aromatic nitrogens is 2. The number of rotatable bonds is 2. The topological polar surface area (TPSA) is 61.0 Å². The van der Waals surface area contributed by atoms with Crippen molar-refractivity contribution in [2.45, 2.75) is 5.41 Å². The van der Waals surface area contributed by atoms with Crippen molar-refractivity contribution in [3.63, 3.8) is 0 Å². The molecule has 0 unspecified atom stereocenters. The Morgan fingerprint density at radius 1 is 1.42 bits per heavy atom. The summed E-state index contributed by atoms with van der Waals surface area (Å²) < 4.78 is 5.12. The second-order valence-electron chi connectivity index (χ2n) is 3.05. The Morgan fingerprint density at radius 2 is 2.08 bits per heavy atom. The lowest BCUT2D eigenvalue weighted by Gasteiger charge is -2.38. The Hall–Kier alpha value is -1.00. The monoisotopic (exact) mass is 165 g/mol. The number of nitrogens with zero attached hydrogens (tertiary/aromatic N) is 2. The molecule has 0 radical (unpaired) electrons. The van der Waals surface area contributed by atoms with E-state index in [1.54, 1.807) is 18.5 Å². The van der Waals surface area contributed by atoms with Gasteiger partial charge in [-0.3, -0.25) is 0 Å². The highest BCUT2D eigenvalue weighted by Crippen LogP contribution is 2.27. The van der Waals surface area contributed by atoms with Crippen LogP contribution in [0.5, 0.6) is 0 Å². The first-order chi connectivity index (χ1) is 5.87. The van der Waals surface area contributed by atoms with Crippen LogP contribution in [0.15, 0.2) is 18.5 Å². The standard InChI is InChI=1S/C8H11N3O/c9-4-8(5-12-6-8)7-10-2-1-3-11-7/h1-3H,4-6,9H2. The van der Waals surface area contributed by atoms with Crippen molar-refractivity contribution in [2.75, 3.05) is 19.8 Å². The third-order valence-electron chi connectivity index (χ3n) is 2.19. The van der Waals surface area contributed by atoms with Crippen molar-refractivity contribution in [3.05, 3.63) is 24.3 Å². The maximum Gasteiger partial charge on any atom is 0.140 e. The van der Waals surface area contributed by atoms with Crippen LogP contribution in [0.1, 0.15) is 5.82 Å². The minimum atomic E-state index is -0.110. The van der Waals surface area contributed by atoms with E-state index in [1.807, 2.05) is 0 Å². The van der Waals surface area contributed by atoms with E-state index in [-0.39, 0.29) is 5.41 Å². The van der Waals surface area contributed by atoms with Crippen LogP contribution in [0.25, 0.3) is 0 Å². The molecule has 0 aromatic carbocycles. The average molecular weight is 165 g/mol. The van der Waals surface area contributed by atoms with E-state index < -0.39 is 0 Å². The third kappa shape index (κ3) is 1.00. The Morgan fingerprint density at radius 3 is 2.50 bits per heavy atom. The van der Waals surface area contributed by atoms with Crippen LogP contribution in [-0.4, -0.2) is 29.7 Å². The third-order valence-corrected chi connectivity index (χ3v) is 2.19. The first-order valence-electron chi connectivity index (χ1n) is 3.93. The van der Waals surface area contributed by atoms with Crippen LogP contribution in [-0.2, 0) is 10.2 Å². The number of ether oxygens (including phenoxy) is 1. The molecule has 1 aliphatic heterocycles. The zero-order chi connectivity index (χ0) is 8.44. The molecule has 1 aromatic heterocycles. The molecular weight excluding hydrogens is 154 g/mol. The van der Waals surface area contributed by atoms with E-state index >= 15 is 0 Å². The molecule has 0 amide bonds. The number of hydrogen-bond acceptors (Lipinski definition) is 4. The first-order valence-corrected chi connectivity index (χ1v) is 3.93. The van der Waals surface area contributed by atoms with Crippen LogP contribution in [0.2, 0.25) is 0 Å². The van der Waals surface area contributed by atoms with Gasteiger partial charge in [0.05, 0.1) is 18.6 Å². The Kier molecular flexibility index (Phi) is 1.78. The lowest BCUT2D eigenvalue weighted by Crippen LogP contribution is -2.53. The highest BCUT2D eigenvalue weighted by molar-refractivity contribution is 5.13. The van der Waals surface area contributed by atoms with Gasteiger partial charge in [0.2, 0.25) is 0 Å². The normalized spacial score (nSPS) is 20.1. The second kappa shape index (κ2) is 2.80. The van der Waals surface area contributed by atoms with Crippen molar-refractivity contribution in [2.24, 2.45) is 5.73 Å². The summed E-state index contributed by atoms with van der Waals surface area (Å²) in [5, 5.41) is 0. The molecule has 4 nitrogen and oxygen atoms in total. The van der Waals surface area contributed by atoms with Gasteiger partial charge in [-0.1, -0.05) is 0 Å². The van der Waals surface area contributed by atoms with Crippen molar-refractivity contribution >= 4 is 0 Å². The summed E-state index contributed by atoms with van der Waals surface area (Å²) in [6.07, 6.45) is 3.47. The summed E-state index contributed by atoms with van der Waals surface area (Å²) in [5.41, 5.74) is 5.53.